The van der Waals surface area contributed by atoms with Crippen LogP contribution in [0, 0.1) is 11.3 Å². The molecule has 0 aliphatic rings. The number of hydrogen-bond donors (Lipinski definition) is 1. The zero-order chi connectivity index (χ0) is 17.5. The number of esters is 1. The summed E-state index contributed by atoms with van der Waals surface area (Å²) in [4.78, 5) is 23.1. The van der Waals surface area contributed by atoms with Crippen molar-refractivity contribution in [2.75, 3.05) is 13.7 Å². The van der Waals surface area contributed by atoms with Crippen molar-refractivity contribution in [3.8, 4) is 17.4 Å². The molecule has 0 unspecified atom stereocenters. The molecule has 0 aliphatic carbocycles. The minimum absolute atomic E-state index is 0.0453. The molecule has 24 heavy (non-hydrogen) atoms. The first-order chi connectivity index (χ1) is 11.6. The number of benzene rings is 1. The number of likely N-dealkylation sites (N-methyl/N-ethyl adjacent to an activating group) is 1. The second-order valence-electron chi connectivity index (χ2n) is 4.75. The van der Waals surface area contributed by atoms with Gasteiger partial charge in [0.25, 0.3) is 5.91 Å². The van der Waals surface area contributed by atoms with Gasteiger partial charge in [0.1, 0.15) is 23.2 Å². The highest BCUT2D eigenvalue weighted by Crippen LogP contribution is 2.24. The van der Waals surface area contributed by atoms with E-state index in [1.165, 1.54) is 13.1 Å². The van der Waals surface area contributed by atoms with Crippen molar-refractivity contribution >= 4 is 18.0 Å². The number of nitrogens with zero attached hydrogens (tertiary/aromatic N) is 1. The summed E-state index contributed by atoms with van der Waals surface area (Å²) in [5, 5.41) is 11.4. The second kappa shape index (κ2) is 7.79. The summed E-state index contributed by atoms with van der Waals surface area (Å²) >= 11 is 0. The summed E-state index contributed by atoms with van der Waals surface area (Å²) in [6.07, 6.45) is 1.37. The fraction of sp³-hybridized carbons (Fsp3) is 0.167. The predicted molar refractivity (Wildman–Crippen MR) is 87.8 cm³/mol. The molecule has 1 amide bonds. The topological polar surface area (TPSA) is 92.3 Å². The monoisotopic (exact) mass is 324 g/mol. The molecule has 0 spiro atoms. The van der Waals surface area contributed by atoms with Crippen LogP contribution in [0.25, 0.3) is 17.4 Å². The minimum Gasteiger partial charge on any atom is -0.462 e. The van der Waals surface area contributed by atoms with E-state index >= 15 is 0 Å². The lowest BCUT2D eigenvalue weighted by atomic mass is 10.1. The molecule has 0 bridgehead atoms. The highest BCUT2D eigenvalue weighted by Gasteiger charge is 2.10. The van der Waals surface area contributed by atoms with E-state index in [-0.39, 0.29) is 11.5 Å². The molecular formula is C18H16N2O4. The highest BCUT2D eigenvalue weighted by atomic mass is 16.5. The zero-order valence-electron chi connectivity index (χ0n) is 13.3. The molecule has 1 N–H and O–H groups in total. The Labute approximate surface area is 139 Å². The summed E-state index contributed by atoms with van der Waals surface area (Å²) in [5.74, 6) is 0.0936. The molecule has 122 valence electrons. The molecule has 0 fully saturated rings. The second-order valence-corrected chi connectivity index (χ2v) is 4.75. The van der Waals surface area contributed by atoms with Crippen LogP contribution in [0.5, 0.6) is 0 Å². The number of ether oxygens (including phenoxy) is 1. The molecule has 0 radical (unpaired) electrons. The Morgan fingerprint density at radius 1 is 1.25 bits per heavy atom. The predicted octanol–water partition coefficient (Wildman–Crippen LogP) is 2.78. The summed E-state index contributed by atoms with van der Waals surface area (Å²) in [5.41, 5.74) is 1.18. The Kier molecular flexibility index (Phi) is 5.53. The lowest BCUT2D eigenvalue weighted by molar-refractivity contribution is -0.116. The first kappa shape index (κ1) is 17.0. The summed E-state index contributed by atoms with van der Waals surface area (Å²) in [6.45, 7) is 2.07. The lowest BCUT2D eigenvalue weighted by Gasteiger charge is -2.02. The Morgan fingerprint density at radius 2 is 1.96 bits per heavy atom. The third kappa shape index (κ3) is 3.90. The molecule has 6 nitrogen and oxygen atoms in total. The third-order valence-corrected chi connectivity index (χ3v) is 3.19. The Morgan fingerprint density at radius 3 is 2.54 bits per heavy atom. The molecular weight excluding hydrogens is 308 g/mol. The van der Waals surface area contributed by atoms with Crippen LogP contribution < -0.4 is 5.32 Å². The van der Waals surface area contributed by atoms with Gasteiger partial charge in [0.05, 0.1) is 12.2 Å². The molecule has 0 saturated carbocycles. The summed E-state index contributed by atoms with van der Waals surface area (Å²) in [6, 6.07) is 12.0. The van der Waals surface area contributed by atoms with Crippen LogP contribution in [0.3, 0.4) is 0 Å². The minimum atomic E-state index is -0.478. The van der Waals surface area contributed by atoms with E-state index in [2.05, 4.69) is 5.32 Å². The molecule has 0 atom stereocenters. The SMILES string of the molecule is CCOC(=O)c1ccc(-c2ccc(/C=C(/C#N)C(=O)NC)o2)cc1. The van der Waals surface area contributed by atoms with Gasteiger partial charge in [-0.15, -0.1) is 0 Å². The van der Waals surface area contributed by atoms with Crippen molar-refractivity contribution in [2.45, 2.75) is 6.92 Å². The van der Waals surface area contributed by atoms with Gasteiger partial charge in [-0.25, -0.2) is 4.79 Å². The quantitative estimate of drug-likeness (QED) is 0.518. The number of rotatable bonds is 5. The first-order valence-corrected chi connectivity index (χ1v) is 7.30. The van der Waals surface area contributed by atoms with E-state index in [4.69, 9.17) is 14.4 Å². The van der Waals surface area contributed by atoms with Crippen LogP contribution in [0.2, 0.25) is 0 Å². The number of nitriles is 1. The van der Waals surface area contributed by atoms with Crippen LogP contribution in [0.15, 0.2) is 46.4 Å². The number of carbonyl (C=O) groups excluding carboxylic acids is 2. The van der Waals surface area contributed by atoms with Gasteiger partial charge in [0, 0.05) is 18.7 Å². The maximum atomic E-state index is 11.6. The Bertz CT molecular complexity index is 810. The van der Waals surface area contributed by atoms with Gasteiger partial charge in [-0.2, -0.15) is 5.26 Å². The normalized spacial score (nSPS) is 10.8. The smallest absolute Gasteiger partial charge is 0.338 e. The van der Waals surface area contributed by atoms with E-state index in [0.717, 1.165) is 5.56 Å². The summed E-state index contributed by atoms with van der Waals surface area (Å²) < 4.78 is 10.5. The fourth-order valence-electron chi connectivity index (χ4n) is 2.00. The van der Waals surface area contributed by atoms with E-state index in [1.807, 2.05) is 6.07 Å². The maximum Gasteiger partial charge on any atom is 0.338 e. The lowest BCUT2D eigenvalue weighted by Crippen LogP contribution is -2.18. The van der Waals surface area contributed by atoms with Gasteiger partial charge in [-0.3, -0.25) is 4.79 Å². The molecule has 0 saturated heterocycles. The average Bonchev–Trinajstić information content (AvgIpc) is 3.08. The van der Waals surface area contributed by atoms with E-state index in [9.17, 15) is 9.59 Å². The van der Waals surface area contributed by atoms with Crippen molar-refractivity contribution in [1.29, 1.82) is 5.26 Å². The number of furan rings is 1. The molecule has 2 aromatic rings. The molecule has 1 aromatic carbocycles. The van der Waals surface area contributed by atoms with E-state index in [0.29, 0.717) is 23.7 Å². The van der Waals surface area contributed by atoms with Crippen molar-refractivity contribution in [3.63, 3.8) is 0 Å². The molecule has 1 aromatic heterocycles. The molecule has 0 aliphatic heterocycles. The average molecular weight is 324 g/mol. The molecule has 2 rings (SSSR count). The van der Waals surface area contributed by atoms with Gasteiger partial charge in [-0.05, 0) is 31.2 Å². The van der Waals surface area contributed by atoms with Gasteiger partial charge in [0.15, 0.2) is 0 Å². The van der Waals surface area contributed by atoms with E-state index < -0.39 is 5.91 Å². The standard InChI is InChI=1S/C18H16N2O4/c1-3-23-18(22)13-6-4-12(5-7-13)16-9-8-15(24-16)10-14(11-19)17(21)20-2/h4-10H,3H2,1-2H3,(H,20,21)/b14-10-. The first-order valence-electron chi connectivity index (χ1n) is 7.30. The number of hydrogen-bond acceptors (Lipinski definition) is 5. The van der Waals surface area contributed by atoms with Crippen molar-refractivity contribution < 1.29 is 18.7 Å². The number of nitrogens with one attached hydrogen (secondary N) is 1. The van der Waals surface area contributed by atoms with E-state index in [1.54, 1.807) is 43.3 Å². The maximum absolute atomic E-state index is 11.6. The van der Waals surface area contributed by atoms with Crippen LogP contribution in [0.4, 0.5) is 0 Å². The zero-order valence-corrected chi connectivity index (χ0v) is 13.3. The van der Waals surface area contributed by atoms with Crippen LogP contribution in [-0.2, 0) is 9.53 Å². The molecule has 6 heteroatoms. The third-order valence-electron chi connectivity index (χ3n) is 3.19. The van der Waals surface area contributed by atoms with Gasteiger partial charge in [-0.1, -0.05) is 12.1 Å². The van der Waals surface area contributed by atoms with Crippen LogP contribution >= 0.6 is 0 Å². The molecule has 1 heterocycles. The fourth-order valence-corrected chi connectivity index (χ4v) is 2.00. The highest BCUT2D eigenvalue weighted by molar-refractivity contribution is 6.01. The van der Waals surface area contributed by atoms with Crippen LogP contribution in [-0.4, -0.2) is 25.5 Å². The summed E-state index contributed by atoms with van der Waals surface area (Å²) in [7, 11) is 1.45. The number of amides is 1. The van der Waals surface area contributed by atoms with Crippen LogP contribution in [0.1, 0.15) is 23.0 Å². The van der Waals surface area contributed by atoms with Crippen molar-refractivity contribution in [2.24, 2.45) is 0 Å². The largest absolute Gasteiger partial charge is 0.462 e. The Balaban J connectivity index is 2.22. The van der Waals surface area contributed by atoms with Gasteiger partial charge >= 0.3 is 5.97 Å². The Hall–Kier alpha value is -3.33. The van der Waals surface area contributed by atoms with Gasteiger partial charge in [0.2, 0.25) is 0 Å². The van der Waals surface area contributed by atoms with Crippen molar-refractivity contribution in [3.05, 3.63) is 53.3 Å². The number of carbonyl (C=O) groups is 2. The van der Waals surface area contributed by atoms with Gasteiger partial charge < -0.3 is 14.5 Å². The van der Waals surface area contributed by atoms with Crippen molar-refractivity contribution in [1.82, 2.24) is 5.32 Å².